The van der Waals surface area contributed by atoms with Gasteiger partial charge in [-0.1, -0.05) is 5.16 Å². The van der Waals surface area contributed by atoms with Crippen LogP contribution in [0.1, 0.15) is 31.1 Å². The summed E-state index contributed by atoms with van der Waals surface area (Å²) in [5.74, 6) is 0.683. The van der Waals surface area contributed by atoms with Crippen molar-refractivity contribution in [1.29, 1.82) is 0 Å². The van der Waals surface area contributed by atoms with Crippen molar-refractivity contribution in [3.63, 3.8) is 0 Å². The molecule has 1 aromatic carbocycles. The Morgan fingerprint density at radius 1 is 1.14 bits per heavy atom. The zero-order valence-corrected chi connectivity index (χ0v) is 8.57. The Morgan fingerprint density at radius 2 is 1.71 bits per heavy atom. The summed E-state index contributed by atoms with van der Waals surface area (Å²) in [6, 6.07) is 6.89. The van der Waals surface area contributed by atoms with Gasteiger partial charge in [0, 0.05) is 5.56 Å². The maximum absolute atomic E-state index is 11.0. The monoisotopic (exact) mass is 191 g/mol. The molecule has 0 N–H and O–H groups in total. The first kappa shape index (κ1) is 10.4. The summed E-state index contributed by atoms with van der Waals surface area (Å²) < 4.78 is 0. The highest BCUT2D eigenvalue weighted by Gasteiger charge is 1.98. The van der Waals surface area contributed by atoms with Gasteiger partial charge in [-0.05, 0) is 45.0 Å². The molecule has 0 aliphatic rings. The zero-order chi connectivity index (χ0) is 10.6. The molecule has 0 bridgehead atoms. The highest BCUT2D eigenvalue weighted by atomic mass is 16.6. The molecule has 0 amide bonds. The van der Waals surface area contributed by atoms with E-state index in [1.165, 1.54) is 6.92 Å². The lowest BCUT2D eigenvalue weighted by molar-refractivity contribution is 0.101. The average molecular weight is 191 g/mol. The molecule has 0 aliphatic heterocycles. The SMILES string of the molecule is CC(=O)c1ccc(ON=C(C)C)cc1. The normalized spacial score (nSPS) is 9.36. The zero-order valence-electron chi connectivity index (χ0n) is 8.57. The van der Waals surface area contributed by atoms with Crippen LogP contribution in [0.5, 0.6) is 5.75 Å². The Balaban J connectivity index is 2.74. The van der Waals surface area contributed by atoms with Crippen molar-refractivity contribution < 1.29 is 9.63 Å². The van der Waals surface area contributed by atoms with Crippen LogP contribution < -0.4 is 4.84 Å². The number of carbonyl (C=O) groups is 1. The number of hydrogen-bond acceptors (Lipinski definition) is 3. The van der Waals surface area contributed by atoms with E-state index < -0.39 is 0 Å². The lowest BCUT2D eigenvalue weighted by atomic mass is 10.1. The minimum atomic E-state index is 0.0479. The lowest BCUT2D eigenvalue weighted by Gasteiger charge is -1.99. The third-order valence-electron chi connectivity index (χ3n) is 1.59. The van der Waals surface area contributed by atoms with Crippen molar-refractivity contribution in [3.8, 4) is 5.75 Å². The van der Waals surface area contributed by atoms with Crippen molar-refractivity contribution in [3.05, 3.63) is 29.8 Å². The van der Waals surface area contributed by atoms with E-state index in [1.807, 2.05) is 13.8 Å². The Hall–Kier alpha value is -1.64. The van der Waals surface area contributed by atoms with Crippen LogP contribution in [0.4, 0.5) is 0 Å². The first-order chi connectivity index (χ1) is 6.59. The van der Waals surface area contributed by atoms with Crippen molar-refractivity contribution in [2.24, 2.45) is 5.16 Å². The van der Waals surface area contributed by atoms with Crippen LogP contribution in [0, 0.1) is 0 Å². The summed E-state index contributed by atoms with van der Waals surface area (Å²) >= 11 is 0. The number of oxime groups is 1. The third-order valence-corrected chi connectivity index (χ3v) is 1.59. The smallest absolute Gasteiger partial charge is 0.159 e. The number of carbonyl (C=O) groups excluding carboxylic acids is 1. The average Bonchev–Trinajstić information content (AvgIpc) is 2.15. The first-order valence-electron chi connectivity index (χ1n) is 4.39. The molecule has 0 saturated heterocycles. The molecule has 1 aromatic rings. The number of rotatable bonds is 3. The van der Waals surface area contributed by atoms with Gasteiger partial charge in [0.05, 0.1) is 5.71 Å². The summed E-state index contributed by atoms with van der Waals surface area (Å²) in [4.78, 5) is 16.0. The first-order valence-corrected chi connectivity index (χ1v) is 4.39. The molecule has 0 fully saturated rings. The fourth-order valence-corrected chi connectivity index (χ4v) is 0.894. The highest BCUT2D eigenvalue weighted by molar-refractivity contribution is 5.94. The van der Waals surface area contributed by atoms with Crippen LogP contribution in [0.15, 0.2) is 29.4 Å². The predicted molar refractivity (Wildman–Crippen MR) is 55.9 cm³/mol. The quantitative estimate of drug-likeness (QED) is 0.418. The van der Waals surface area contributed by atoms with Crippen LogP contribution in [0.3, 0.4) is 0 Å². The molecule has 3 heteroatoms. The number of ketones is 1. The fraction of sp³-hybridized carbons (Fsp3) is 0.273. The number of Topliss-reactive ketones (excluding diaryl/α,β-unsaturated/α-hetero) is 1. The number of hydrogen-bond donors (Lipinski definition) is 0. The summed E-state index contributed by atoms with van der Waals surface area (Å²) in [5, 5.41) is 3.80. The van der Waals surface area contributed by atoms with Gasteiger partial charge in [0.15, 0.2) is 11.5 Å². The maximum atomic E-state index is 11.0. The number of benzene rings is 1. The van der Waals surface area contributed by atoms with Gasteiger partial charge >= 0.3 is 0 Å². The molecule has 0 unspecified atom stereocenters. The Morgan fingerprint density at radius 3 is 2.14 bits per heavy atom. The lowest BCUT2D eigenvalue weighted by Crippen LogP contribution is -1.92. The summed E-state index contributed by atoms with van der Waals surface area (Å²) in [6.45, 7) is 5.23. The Kier molecular flexibility index (Phi) is 3.40. The standard InChI is InChI=1S/C11H13NO2/c1-8(2)12-14-11-6-4-10(5-7-11)9(3)13/h4-7H,1-3H3. The van der Waals surface area contributed by atoms with E-state index in [9.17, 15) is 4.79 Å². The van der Waals surface area contributed by atoms with Crippen molar-refractivity contribution >= 4 is 11.5 Å². The second-order valence-corrected chi connectivity index (χ2v) is 3.21. The van der Waals surface area contributed by atoms with E-state index in [0.717, 1.165) is 5.71 Å². The van der Waals surface area contributed by atoms with Gasteiger partial charge in [0.1, 0.15) is 0 Å². The molecule has 14 heavy (non-hydrogen) atoms. The summed E-state index contributed by atoms with van der Waals surface area (Å²) in [6.07, 6.45) is 0. The van der Waals surface area contributed by atoms with E-state index in [1.54, 1.807) is 24.3 Å². The van der Waals surface area contributed by atoms with Gasteiger partial charge in [0.25, 0.3) is 0 Å². The second-order valence-electron chi connectivity index (χ2n) is 3.21. The largest absolute Gasteiger partial charge is 0.357 e. The van der Waals surface area contributed by atoms with E-state index in [4.69, 9.17) is 4.84 Å². The molecule has 0 radical (unpaired) electrons. The van der Waals surface area contributed by atoms with E-state index >= 15 is 0 Å². The minimum Gasteiger partial charge on any atom is -0.357 e. The van der Waals surface area contributed by atoms with Crippen LogP contribution >= 0.6 is 0 Å². The van der Waals surface area contributed by atoms with Gasteiger partial charge in [-0.25, -0.2) is 0 Å². The van der Waals surface area contributed by atoms with Gasteiger partial charge < -0.3 is 4.84 Å². The van der Waals surface area contributed by atoms with E-state index in [2.05, 4.69) is 5.16 Å². The topological polar surface area (TPSA) is 38.7 Å². The minimum absolute atomic E-state index is 0.0479. The molecule has 0 spiro atoms. The van der Waals surface area contributed by atoms with Crippen molar-refractivity contribution in [2.75, 3.05) is 0 Å². The van der Waals surface area contributed by atoms with Crippen LogP contribution in [0.2, 0.25) is 0 Å². The summed E-state index contributed by atoms with van der Waals surface area (Å²) in [5.41, 5.74) is 1.52. The van der Waals surface area contributed by atoms with Gasteiger partial charge in [0.2, 0.25) is 0 Å². The molecule has 0 atom stereocenters. The molecule has 74 valence electrons. The van der Waals surface area contributed by atoms with Crippen molar-refractivity contribution in [1.82, 2.24) is 0 Å². The molecule has 0 heterocycles. The van der Waals surface area contributed by atoms with E-state index in [0.29, 0.717) is 11.3 Å². The molecule has 1 rings (SSSR count). The maximum Gasteiger partial charge on any atom is 0.159 e. The molecule has 0 aliphatic carbocycles. The molecule has 0 aromatic heterocycles. The highest BCUT2D eigenvalue weighted by Crippen LogP contribution is 2.12. The molecule has 3 nitrogen and oxygen atoms in total. The van der Waals surface area contributed by atoms with Gasteiger partial charge in [-0.3, -0.25) is 4.79 Å². The predicted octanol–water partition coefficient (Wildman–Crippen LogP) is 2.66. The van der Waals surface area contributed by atoms with Crippen LogP contribution in [-0.4, -0.2) is 11.5 Å². The molecular weight excluding hydrogens is 178 g/mol. The van der Waals surface area contributed by atoms with Crippen LogP contribution in [-0.2, 0) is 0 Å². The Labute approximate surface area is 83.4 Å². The van der Waals surface area contributed by atoms with Gasteiger partial charge in [-0.2, -0.15) is 0 Å². The molecule has 0 saturated carbocycles. The van der Waals surface area contributed by atoms with Gasteiger partial charge in [-0.15, -0.1) is 0 Å². The number of nitrogens with zero attached hydrogens (tertiary/aromatic N) is 1. The van der Waals surface area contributed by atoms with Crippen molar-refractivity contribution in [2.45, 2.75) is 20.8 Å². The molecular formula is C11H13NO2. The fourth-order valence-electron chi connectivity index (χ4n) is 0.894. The third kappa shape index (κ3) is 3.01. The Bertz CT molecular complexity index is 348. The summed E-state index contributed by atoms with van der Waals surface area (Å²) in [7, 11) is 0. The van der Waals surface area contributed by atoms with Crippen LogP contribution in [0.25, 0.3) is 0 Å². The van der Waals surface area contributed by atoms with E-state index in [-0.39, 0.29) is 5.78 Å². The second kappa shape index (κ2) is 4.56.